The number of hydrogen-bond acceptors (Lipinski definition) is 1. The van der Waals surface area contributed by atoms with E-state index >= 15 is 0 Å². The molecule has 0 heterocycles. The molecule has 0 saturated carbocycles. The van der Waals surface area contributed by atoms with Crippen LogP contribution in [0.3, 0.4) is 0 Å². The zero-order chi connectivity index (χ0) is 14.2. The van der Waals surface area contributed by atoms with E-state index in [1.54, 1.807) is 19.9 Å². The summed E-state index contributed by atoms with van der Waals surface area (Å²) in [5.41, 5.74) is 3.97. The molecule has 0 fully saturated rings. The van der Waals surface area contributed by atoms with Gasteiger partial charge in [-0.15, -0.1) is 0 Å². The fraction of sp³-hybridized carbons (Fsp3) is 0.250. The van der Waals surface area contributed by atoms with E-state index in [-0.39, 0.29) is 5.82 Å². The lowest BCUT2D eigenvalue weighted by molar-refractivity contribution is 0.218. The third kappa shape index (κ3) is 2.80. The van der Waals surface area contributed by atoms with Crippen LogP contribution in [0.1, 0.15) is 33.9 Å². The molecular weight excluding hydrogens is 263 g/mol. The van der Waals surface area contributed by atoms with E-state index in [0.29, 0.717) is 5.02 Å². The molecule has 0 spiro atoms. The molecule has 2 rings (SSSR count). The van der Waals surface area contributed by atoms with E-state index < -0.39 is 6.10 Å². The van der Waals surface area contributed by atoms with Crippen molar-refractivity contribution in [2.75, 3.05) is 0 Å². The molecular formula is C16H16ClFO. The lowest BCUT2D eigenvalue weighted by Gasteiger charge is -2.19. The van der Waals surface area contributed by atoms with Crippen molar-refractivity contribution < 1.29 is 9.50 Å². The van der Waals surface area contributed by atoms with Gasteiger partial charge in [-0.25, -0.2) is 4.39 Å². The number of halogens is 2. The first-order valence-electron chi connectivity index (χ1n) is 6.11. The molecule has 0 radical (unpaired) electrons. The second-order valence-corrected chi connectivity index (χ2v) is 5.29. The first-order chi connectivity index (χ1) is 8.90. The Balaban J connectivity index is 2.53. The van der Waals surface area contributed by atoms with Gasteiger partial charge in [-0.1, -0.05) is 17.7 Å². The average Bonchev–Trinajstić information content (AvgIpc) is 2.26. The van der Waals surface area contributed by atoms with Crippen LogP contribution in [-0.2, 0) is 0 Å². The summed E-state index contributed by atoms with van der Waals surface area (Å²) in [4.78, 5) is 0. The fourth-order valence-corrected chi connectivity index (χ4v) is 2.68. The minimum absolute atomic E-state index is 0.279. The molecule has 1 nitrogen and oxygen atoms in total. The maximum Gasteiger partial charge on any atom is 0.123 e. The molecule has 0 bridgehead atoms. The molecule has 0 aliphatic rings. The van der Waals surface area contributed by atoms with Crippen molar-refractivity contribution in [3.63, 3.8) is 0 Å². The third-order valence-electron chi connectivity index (χ3n) is 3.36. The molecule has 0 aliphatic carbocycles. The van der Waals surface area contributed by atoms with Crippen LogP contribution in [0.4, 0.5) is 4.39 Å². The molecule has 3 heteroatoms. The predicted octanol–water partition coefficient (Wildman–Crippen LogP) is 4.49. The summed E-state index contributed by atoms with van der Waals surface area (Å²) in [6.07, 6.45) is -0.766. The van der Waals surface area contributed by atoms with Crippen molar-refractivity contribution in [3.05, 3.63) is 69.0 Å². The Labute approximate surface area is 117 Å². The smallest absolute Gasteiger partial charge is 0.123 e. The van der Waals surface area contributed by atoms with Crippen LogP contribution in [0, 0.1) is 26.6 Å². The van der Waals surface area contributed by atoms with E-state index in [9.17, 15) is 9.50 Å². The Morgan fingerprint density at radius 3 is 2.11 bits per heavy atom. The Kier molecular flexibility index (Phi) is 3.93. The summed E-state index contributed by atoms with van der Waals surface area (Å²) >= 11 is 5.92. The summed E-state index contributed by atoms with van der Waals surface area (Å²) in [6, 6.07) is 8.26. The Bertz CT molecular complexity index is 599. The van der Waals surface area contributed by atoms with Crippen molar-refractivity contribution in [3.8, 4) is 0 Å². The lowest BCUT2D eigenvalue weighted by atomic mass is 9.91. The molecule has 1 unspecified atom stereocenters. The standard InChI is InChI=1S/C16H16ClFO/c1-9-6-12(17)4-5-14(9)16(19)15-10(2)7-13(18)8-11(15)3/h4-8,16,19H,1-3H3. The first-order valence-corrected chi connectivity index (χ1v) is 6.48. The van der Waals surface area contributed by atoms with Crippen molar-refractivity contribution in [2.24, 2.45) is 0 Å². The van der Waals surface area contributed by atoms with Crippen LogP contribution in [0.5, 0.6) is 0 Å². The van der Waals surface area contributed by atoms with Gasteiger partial charge < -0.3 is 5.11 Å². The van der Waals surface area contributed by atoms with Crippen LogP contribution < -0.4 is 0 Å². The van der Waals surface area contributed by atoms with Crippen molar-refractivity contribution in [1.29, 1.82) is 0 Å². The van der Waals surface area contributed by atoms with Gasteiger partial charge in [-0.3, -0.25) is 0 Å². The predicted molar refractivity (Wildman–Crippen MR) is 76.1 cm³/mol. The second-order valence-electron chi connectivity index (χ2n) is 4.86. The highest BCUT2D eigenvalue weighted by atomic mass is 35.5. The molecule has 0 aromatic heterocycles. The largest absolute Gasteiger partial charge is 0.384 e. The molecule has 2 aromatic carbocycles. The molecule has 1 atom stereocenters. The Hall–Kier alpha value is -1.38. The maximum absolute atomic E-state index is 13.3. The van der Waals surface area contributed by atoms with E-state index in [1.165, 1.54) is 12.1 Å². The minimum Gasteiger partial charge on any atom is -0.384 e. The van der Waals surface area contributed by atoms with Gasteiger partial charge in [-0.2, -0.15) is 0 Å². The summed E-state index contributed by atoms with van der Waals surface area (Å²) in [7, 11) is 0. The van der Waals surface area contributed by atoms with Gasteiger partial charge in [0.2, 0.25) is 0 Å². The lowest BCUT2D eigenvalue weighted by Crippen LogP contribution is -2.07. The number of aliphatic hydroxyl groups is 1. The number of hydrogen-bond donors (Lipinski definition) is 1. The van der Waals surface area contributed by atoms with Crippen molar-refractivity contribution >= 4 is 11.6 Å². The topological polar surface area (TPSA) is 20.2 Å². The van der Waals surface area contributed by atoms with Crippen LogP contribution in [0.25, 0.3) is 0 Å². The van der Waals surface area contributed by atoms with E-state index in [4.69, 9.17) is 11.6 Å². The van der Waals surface area contributed by atoms with Crippen molar-refractivity contribution in [2.45, 2.75) is 26.9 Å². The zero-order valence-corrected chi connectivity index (χ0v) is 11.9. The van der Waals surface area contributed by atoms with Crippen LogP contribution >= 0.6 is 11.6 Å². The summed E-state index contributed by atoms with van der Waals surface area (Å²) in [5.74, 6) is -0.279. The number of rotatable bonds is 2. The molecule has 1 N–H and O–H groups in total. The van der Waals surface area contributed by atoms with Gasteiger partial charge in [0.15, 0.2) is 0 Å². The van der Waals surface area contributed by atoms with Crippen LogP contribution in [0.2, 0.25) is 5.02 Å². The maximum atomic E-state index is 13.3. The van der Waals surface area contributed by atoms with Gasteiger partial charge in [0.1, 0.15) is 11.9 Å². The Morgan fingerprint density at radius 2 is 1.58 bits per heavy atom. The Morgan fingerprint density at radius 1 is 1.00 bits per heavy atom. The highest BCUT2D eigenvalue weighted by Gasteiger charge is 2.18. The van der Waals surface area contributed by atoms with E-state index in [0.717, 1.165) is 27.8 Å². The average molecular weight is 279 g/mol. The van der Waals surface area contributed by atoms with Crippen LogP contribution in [-0.4, -0.2) is 5.11 Å². The second kappa shape index (κ2) is 5.32. The minimum atomic E-state index is -0.766. The zero-order valence-electron chi connectivity index (χ0n) is 11.2. The van der Waals surface area contributed by atoms with Gasteiger partial charge in [0.05, 0.1) is 0 Å². The quantitative estimate of drug-likeness (QED) is 0.858. The molecule has 2 aromatic rings. The highest BCUT2D eigenvalue weighted by molar-refractivity contribution is 6.30. The summed E-state index contributed by atoms with van der Waals surface area (Å²) in [5, 5.41) is 11.2. The van der Waals surface area contributed by atoms with Gasteiger partial charge >= 0.3 is 0 Å². The molecule has 0 aliphatic heterocycles. The highest BCUT2D eigenvalue weighted by Crippen LogP contribution is 2.31. The normalized spacial score (nSPS) is 12.5. The van der Waals surface area contributed by atoms with Gasteiger partial charge in [-0.05, 0) is 72.9 Å². The van der Waals surface area contributed by atoms with Crippen molar-refractivity contribution in [1.82, 2.24) is 0 Å². The first kappa shape index (κ1) is 14.0. The van der Waals surface area contributed by atoms with Gasteiger partial charge in [0, 0.05) is 5.02 Å². The van der Waals surface area contributed by atoms with Crippen LogP contribution in [0.15, 0.2) is 30.3 Å². The fourth-order valence-electron chi connectivity index (χ4n) is 2.45. The number of aliphatic hydroxyl groups excluding tert-OH is 1. The van der Waals surface area contributed by atoms with Gasteiger partial charge in [0.25, 0.3) is 0 Å². The van der Waals surface area contributed by atoms with E-state index in [2.05, 4.69) is 0 Å². The SMILES string of the molecule is Cc1cc(Cl)ccc1C(O)c1c(C)cc(F)cc1C. The summed E-state index contributed by atoms with van der Waals surface area (Å²) in [6.45, 7) is 5.51. The monoisotopic (exact) mass is 278 g/mol. The van der Waals surface area contributed by atoms with E-state index in [1.807, 2.05) is 19.1 Å². The molecule has 0 saturated heterocycles. The molecule has 100 valence electrons. The number of aryl methyl sites for hydroxylation is 3. The molecule has 0 amide bonds. The third-order valence-corrected chi connectivity index (χ3v) is 3.59. The number of benzene rings is 2. The summed E-state index contributed by atoms with van der Waals surface area (Å²) < 4.78 is 13.3. The molecule has 19 heavy (non-hydrogen) atoms.